The third kappa shape index (κ3) is 13.8. The summed E-state index contributed by atoms with van der Waals surface area (Å²) < 4.78 is 0. The predicted octanol–water partition coefficient (Wildman–Crippen LogP) is 5.15. The Morgan fingerprint density at radius 2 is 1.35 bits per heavy atom. The Balaban J connectivity index is 0. The molecule has 0 aromatic rings. The normalized spacial score (nSPS) is 12.1. The molecule has 0 aromatic heterocycles. The van der Waals surface area contributed by atoms with Crippen molar-refractivity contribution in [3.8, 4) is 0 Å². The van der Waals surface area contributed by atoms with Crippen LogP contribution in [-0.2, 0) is 4.79 Å². The Kier molecular flexibility index (Phi) is 13.3. The molecule has 0 amide bonds. The average molecular weight is 322 g/mol. The van der Waals surface area contributed by atoms with Crippen molar-refractivity contribution in [2.24, 2.45) is 11.8 Å². The molecule has 2 N–H and O–H groups in total. The summed E-state index contributed by atoms with van der Waals surface area (Å²) in [7, 11) is 0. The van der Waals surface area contributed by atoms with E-state index in [1.54, 1.807) is 6.92 Å². The number of aliphatic carboxylic acids is 1. The van der Waals surface area contributed by atoms with Crippen molar-refractivity contribution in [2.75, 3.05) is 6.61 Å². The third-order valence-corrected chi connectivity index (χ3v) is 3.38. The highest BCUT2D eigenvalue weighted by atomic mass is 16.4. The first-order valence-electron chi connectivity index (χ1n) is 7.94. The fourth-order valence-electron chi connectivity index (χ4n) is 1.68. The maximum atomic E-state index is 10.7. The van der Waals surface area contributed by atoms with Gasteiger partial charge in [-0.25, -0.2) is 0 Å². The second-order valence-corrected chi connectivity index (χ2v) is 6.50. The molecular weight excluding hydrogens is 288 g/mol. The van der Waals surface area contributed by atoms with Crippen LogP contribution in [0.25, 0.3) is 0 Å². The van der Waals surface area contributed by atoms with Crippen LogP contribution in [0.15, 0.2) is 47.6 Å². The average Bonchev–Trinajstić information content (AvgIpc) is 2.38. The number of aliphatic hydroxyl groups is 1. The lowest BCUT2D eigenvalue weighted by Crippen LogP contribution is -2.13. The van der Waals surface area contributed by atoms with Gasteiger partial charge in [-0.2, -0.15) is 0 Å². The maximum absolute atomic E-state index is 10.7. The van der Waals surface area contributed by atoms with Crippen LogP contribution in [0.3, 0.4) is 0 Å². The van der Waals surface area contributed by atoms with Crippen molar-refractivity contribution >= 4 is 5.97 Å². The van der Waals surface area contributed by atoms with Crippen molar-refractivity contribution < 1.29 is 15.0 Å². The van der Waals surface area contributed by atoms with Gasteiger partial charge < -0.3 is 10.2 Å². The van der Waals surface area contributed by atoms with Gasteiger partial charge in [0.25, 0.3) is 0 Å². The van der Waals surface area contributed by atoms with Crippen molar-refractivity contribution in [3.63, 3.8) is 0 Å². The summed E-state index contributed by atoms with van der Waals surface area (Å²) in [5, 5.41) is 17.7. The summed E-state index contributed by atoms with van der Waals surface area (Å²) in [5.41, 5.74) is 4.21. The number of hydrogen-bond acceptors (Lipinski definition) is 2. The largest absolute Gasteiger partial charge is 0.481 e. The Bertz CT molecular complexity index is 434. The molecule has 0 rings (SSSR count). The maximum Gasteiger partial charge on any atom is 0.310 e. The van der Waals surface area contributed by atoms with Gasteiger partial charge in [-0.3, -0.25) is 4.79 Å². The highest BCUT2D eigenvalue weighted by Gasteiger charge is 2.15. The van der Waals surface area contributed by atoms with Gasteiger partial charge in [-0.15, -0.1) is 0 Å². The van der Waals surface area contributed by atoms with Crippen LogP contribution in [0.4, 0.5) is 0 Å². The molecule has 0 aliphatic rings. The molecule has 132 valence electrons. The van der Waals surface area contributed by atoms with E-state index in [-0.39, 0.29) is 12.5 Å². The first-order chi connectivity index (χ1) is 10.5. The fourth-order valence-corrected chi connectivity index (χ4v) is 1.68. The topological polar surface area (TPSA) is 57.5 Å². The lowest BCUT2D eigenvalue weighted by molar-refractivity contribution is -0.140. The summed E-state index contributed by atoms with van der Waals surface area (Å²) in [5.74, 6) is -0.982. The van der Waals surface area contributed by atoms with Crippen LogP contribution in [0.5, 0.6) is 0 Å². The molecule has 0 aromatic carbocycles. The Hall–Kier alpha value is -1.61. The lowest BCUT2D eigenvalue weighted by Gasteiger charge is -2.10. The molecule has 2 unspecified atom stereocenters. The van der Waals surface area contributed by atoms with Crippen LogP contribution < -0.4 is 0 Å². The van der Waals surface area contributed by atoms with E-state index in [1.165, 1.54) is 5.57 Å². The number of rotatable bonds is 8. The molecule has 0 aliphatic carbocycles. The summed E-state index contributed by atoms with van der Waals surface area (Å²) >= 11 is 0. The number of carboxylic acids is 1. The molecule has 23 heavy (non-hydrogen) atoms. The second kappa shape index (κ2) is 12.9. The minimum atomic E-state index is -0.792. The highest BCUT2D eigenvalue weighted by molar-refractivity contribution is 5.73. The van der Waals surface area contributed by atoms with Crippen LogP contribution in [0, 0.1) is 11.8 Å². The fraction of sp³-hybridized carbons (Fsp3) is 0.550. The zero-order chi connectivity index (χ0) is 18.6. The van der Waals surface area contributed by atoms with Gasteiger partial charge in [-0.05, 0) is 54.4 Å². The Morgan fingerprint density at radius 1 is 0.913 bits per heavy atom. The van der Waals surface area contributed by atoms with E-state index in [4.69, 9.17) is 10.2 Å². The van der Waals surface area contributed by atoms with Gasteiger partial charge in [0.05, 0.1) is 5.92 Å². The van der Waals surface area contributed by atoms with E-state index in [1.807, 2.05) is 26.8 Å². The first kappa shape index (κ1) is 23.7. The summed E-state index contributed by atoms with van der Waals surface area (Å²) in [6.07, 6.45) is 5.52. The Morgan fingerprint density at radius 3 is 1.61 bits per heavy atom. The van der Waals surface area contributed by atoms with Crippen molar-refractivity contribution in [3.05, 3.63) is 47.6 Å². The first-order valence-corrected chi connectivity index (χ1v) is 7.94. The lowest BCUT2D eigenvalue weighted by atomic mass is 9.97. The molecule has 0 saturated carbocycles. The van der Waals surface area contributed by atoms with E-state index in [0.29, 0.717) is 12.0 Å². The number of carboxylic acid groups (broad SMARTS) is 1. The van der Waals surface area contributed by atoms with E-state index in [0.717, 1.165) is 17.6 Å². The van der Waals surface area contributed by atoms with Gasteiger partial charge in [0, 0.05) is 12.5 Å². The molecule has 2 atom stereocenters. The molecule has 0 heterocycles. The number of hydrogen-bond donors (Lipinski definition) is 2. The van der Waals surface area contributed by atoms with E-state index < -0.39 is 11.9 Å². The van der Waals surface area contributed by atoms with Crippen molar-refractivity contribution in [1.29, 1.82) is 0 Å². The van der Waals surface area contributed by atoms with E-state index >= 15 is 0 Å². The number of aliphatic hydroxyl groups excluding tert-OH is 1. The van der Waals surface area contributed by atoms with Crippen molar-refractivity contribution in [2.45, 2.75) is 54.4 Å². The standard InChI is InChI=1S/C10H16O2.C10H18O/c1-7(2)5-6-9(8(3)4)10(11)12;1-8(2)5-6-10(7-11)9(3)4/h5,9H,3,6H2,1-2,4H3,(H,11,12);5,10-11H,3,6-7H2,1-2,4H3. The SMILES string of the molecule is C=C(C)C(CC=C(C)C)C(=O)O.C=C(C)C(CO)CC=C(C)C. The smallest absolute Gasteiger partial charge is 0.310 e. The zero-order valence-corrected chi connectivity index (χ0v) is 15.6. The quantitative estimate of drug-likeness (QED) is 0.608. The minimum Gasteiger partial charge on any atom is -0.481 e. The van der Waals surface area contributed by atoms with Crippen LogP contribution in [0.2, 0.25) is 0 Å². The van der Waals surface area contributed by atoms with Gasteiger partial charge in [-0.1, -0.05) is 47.6 Å². The summed E-state index contributed by atoms with van der Waals surface area (Å²) in [6.45, 7) is 19.4. The monoisotopic (exact) mass is 322 g/mol. The molecule has 0 aliphatic heterocycles. The second-order valence-electron chi connectivity index (χ2n) is 6.50. The van der Waals surface area contributed by atoms with Crippen molar-refractivity contribution in [1.82, 2.24) is 0 Å². The molecule has 0 spiro atoms. The Labute approximate surface area is 142 Å². The molecule has 3 heteroatoms. The molecule has 0 radical (unpaired) electrons. The minimum absolute atomic E-state index is 0.207. The zero-order valence-electron chi connectivity index (χ0n) is 15.6. The van der Waals surface area contributed by atoms with E-state index in [9.17, 15) is 4.79 Å². The molecule has 0 bridgehead atoms. The van der Waals surface area contributed by atoms with Crippen LogP contribution >= 0.6 is 0 Å². The molecular formula is C20H34O3. The highest BCUT2D eigenvalue weighted by Crippen LogP contribution is 2.15. The molecule has 0 fully saturated rings. The van der Waals surface area contributed by atoms with Gasteiger partial charge in [0.2, 0.25) is 0 Å². The van der Waals surface area contributed by atoms with Crippen LogP contribution in [0.1, 0.15) is 54.4 Å². The third-order valence-electron chi connectivity index (χ3n) is 3.38. The van der Waals surface area contributed by atoms with E-state index in [2.05, 4.69) is 33.1 Å². The molecule has 0 saturated heterocycles. The summed E-state index contributed by atoms with van der Waals surface area (Å²) in [4.78, 5) is 10.7. The van der Waals surface area contributed by atoms with Crippen LogP contribution in [-0.4, -0.2) is 22.8 Å². The van der Waals surface area contributed by atoms with Gasteiger partial charge in [0.15, 0.2) is 0 Å². The summed E-state index contributed by atoms with van der Waals surface area (Å²) in [6, 6.07) is 0. The number of carbonyl (C=O) groups is 1. The molecule has 3 nitrogen and oxygen atoms in total. The predicted molar refractivity (Wildman–Crippen MR) is 99.4 cm³/mol. The number of allylic oxidation sites excluding steroid dienone is 4. The van der Waals surface area contributed by atoms with Gasteiger partial charge >= 0.3 is 5.97 Å². The van der Waals surface area contributed by atoms with Gasteiger partial charge in [0.1, 0.15) is 0 Å².